The third-order valence-electron chi connectivity index (χ3n) is 4.41. The van der Waals surface area contributed by atoms with Crippen LogP contribution < -0.4 is 15.4 Å². The van der Waals surface area contributed by atoms with Gasteiger partial charge in [-0.15, -0.1) is 0 Å². The van der Waals surface area contributed by atoms with Gasteiger partial charge < -0.3 is 5.32 Å². The minimum absolute atomic E-state index is 0.171. The first kappa shape index (κ1) is 20.3. The molecule has 3 N–H and O–H groups in total. The summed E-state index contributed by atoms with van der Waals surface area (Å²) in [5, 5.41) is 4.82. The summed E-state index contributed by atoms with van der Waals surface area (Å²) in [7, 11) is -3.54. The SMILES string of the molecule is CCNC(=O)NC(=O)C(C)N1CCC(NS(=O)(=O)c2ccccc2)CC1. The van der Waals surface area contributed by atoms with Gasteiger partial charge in [0, 0.05) is 25.7 Å². The summed E-state index contributed by atoms with van der Waals surface area (Å²) < 4.78 is 27.5. The molecule has 3 amide bonds. The van der Waals surface area contributed by atoms with Gasteiger partial charge >= 0.3 is 6.03 Å². The molecule has 1 saturated heterocycles. The number of carbonyl (C=O) groups excluding carboxylic acids is 2. The number of carbonyl (C=O) groups is 2. The van der Waals surface area contributed by atoms with Gasteiger partial charge in [-0.2, -0.15) is 0 Å². The number of likely N-dealkylation sites (tertiary alicyclic amines) is 1. The van der Waals surface area contributed by atoms with Crippen molar-refractivity contribution in [1.29, 1.82) is 0 Å². The highest BCUT2D eigenvalue weighted by Crippen LogP contribution is 2.16. The standard InChI is InChI=1S/C17H26N4O4S/c1-3-18-17(23)19-16(22)13(2)21-11-9-14(10-12-21)20-26(24,25)15-7-5-4-6-8-15/h4-8,13-14,20H,3,9-12H2,1-2H3,(H2,18,19,22,23). The van der Waals surface area contributed by atoms with E-state index in [0.29, 0.717) is 32.5 Å². The molecular weight excluding hydrogens is 356 g/mol. The van der Waals surface area contributed by atoms with E-state index in [1.807, 2.05) is 4.90 Å². The Morgan fingerprint density at radius 1 is 1.19 bits per heavy atom. The van der Waals surface area contributed by atoms with Crippen LogP contribution in [0.25, 0.3) is 0 Å². The Morgan fingerprint density at radius 3 is 2.38 bits per heavy atom. The topological polar surface area (TPSA) is 108 Å². The molecule has 0 aromatic heterocycles. The van der Waals surface area contributed by atoms with E-state index in [-0.39, 0.29) is 16.8 Å². The third-order valence-corrected chi connectivity index (χ3v) is 5.94. The predicted octanol–water partition coefficient (Wildman–Crippen LogP) is 0.664. The summed E-state index contributed by atoms with van der Waals surface area (Å²) in [4.78, 5) is 25.7. The van der Waals surface area contributed by atoms with Crippen LogP contribution in [-0.4, -0.2) is 57.0 Å². The van der Waals surface area contributed by atoms with Crippen molar-refractivity contribution in [2.75, 3.05) is 19.6 Å². The third kappa shape index (κ3) is 5.52. The lowest BCUT2D eigenvalue weighted by atomic mass is 10.0. The van der Waals surface area contributed by atoms with Crippen molar-refractivity contribution in [2.24, 2.45) is 0 Å². The van der Waals surface area contributed by atoms with Crippen molar-refractivity contribution in [3.63, 3.8) is 0 Å². The van der Waals surface area contributed by atoms with E-state index in [2.05, 4.69) is 15.4 Å². The summed E-state index contributed by atoms with van der Waals surface area (Å²) in [6.07, 6.45) is 1.20. The number of nitrogens with zero attached hydrogens (tertiary/aromatic N) is 1. The van der Waals surface area contributed by atoms with Crippen LogP contribution in [0.4, 0.5) is 4.79 Å². The Balaban J connectivity index is 1.85. The first-order chi connectivity index (χ1) is 12.3. The Hall–Kier alpha value is -1.97. The first-order valence-corrected chi connectivity index (χ1v) is 10.2. The molecule has 1 atom stereocenters. The number of nitrogens with one attached hydrogen (secondary N) is 3. The number of benzene rings is 1. The summed E-state index contributed by atoms with van der Waals surface area (Å²) in [6.45, 7) is 5.11. The number of piperidine rings is 1. The summed E-state index contributed by atoms with van der Waals surface area (Å²) in [6, 6.07) is 7.13. The number of sulfonamides is 1. The van der Waals surface area contributed by atoms with Gasteiger partial charge in [-0.3, -0.25) is 15.0 Å². The van der Waals surface area contributed by atoms with Gasteiger partial charge in [0.2, 0.25) is 15.9 Å². The number of amides is 3. The second kappa shape index (κ2) is 9.11. The molecule has 1 aliphatic heterocycles. The van der Waals surface area contributed by atoms with E-state index in [0.717, 1.165) is 0 Å². The highest BCUT2D eigenvalue weighted by molar-refractivity contribution is 7.89. The molecule has 9 heteroatoms. The van der Waals surface area contributed by atoms with Crippen LogP contribution in [0.5, 0.6) is 0 Å². The average Bonchev–Trinajstić information content (AvgIpc) is 2.62. The average molecular weight is 382 g/mol. The molecule has 1 fully saturated rings. The second-order valence-corrected chi connectivity index (χ2v) is 7.98. The van der Waals surface area contributed by atoms with Crippen molar-refractivity contribution >= 4 is 22.0 Å². The Bertz CT molecular complexity index is 716. The maximum atomic E-state index is 12.4. The van der Waals surface area contributed by atoms with Gasteiger partial charge in [0.25, 0.3) is 0 Å². The van der Waals surface area contributed by atoms with Gasteiger partial charge in [0.1, 0.15) is 0 Å². The van der Waals surface area contributed by atoms with Crippen molar-refractivity contribution < 1.29 is 18.0 Å². The molecule has 1 aromatic rings. The lowest BCUT2D eigenvalue weighted by molar-refractivity contribution is -0.125. The number of rotatable bonds is 6. The van der Waals surface area contributed by atoms with Gasteiger partial charge in [-0.1, -0.05) is 18.2 Å². The van der Waals surface area contributed by atoms with Crippen molar-refractivity contribution in [2.45, 2.75) is 43.7 Å². The molecule has 0 saturated carbocycles. The van der Waals surface area contributed by atoms with E-state index in [1.165, 1.54) is 0 Å². The molecule has 8 nitrogen and oxygen atoms in total. The smallest absolute Gasteiger partial charge is 0.321 e. The van der Waals surface area contributed by atoms with Crippen LogP contribution >= 0.6 is 0 Å². The maximum absolute atomic E-state index is 12.4. The van der Waals surface area contributed by atoms with Gasteiger partial charge in [-0.05, 0) is 38.8 Å². The number of hydrogen-bond acceptors (Lipinski definition) is 5. The predicted molar refractivity (Wildman–Crippen MR) is 98.0 cm³/mol. The minimum Gasteiger partial charge on any atom is -0.338 e. The zero-order valence-corrected chi connectivity index (χ0v) is 15.9. The van der Waals surface area contributed by atoms with Crippen LogP contribution in [0, 0.1) is 0 Å². The Morgan fingerprint density at radius 2 is 1.81 bits per heavy atom. The fraction of sp³-hybridized carbons (Fsp3) is 0.529. The van der Waals surface area contributed by atoms with Gasteiger partial charge in [-0.25, -0.2) is 17.9 Å². The maximum Gasteiger partial charge on any atom is 0.321 e. The van der Waals surface area contributed by atoms with Crippen molar-refractivity contribution in [3.05, 3.63) is 30.3 Å². The molecule has 1 aromatic carbocycles. The first-order valence-electron chi connectivity index (χ1n) is 8.73. The van der Waals surface area contributed by atoms with Crippen LogP contribution in [-0.2, 0) is 14.8 Å². The zero-order valence-electron chi connectivity index (χ0n) is 15.1. The molecule has 1 heterocycles. The molecular formula is C17H26N4O4S. The molecule has 0 spiro atoms. The second-order valence-electron chi connectivity index (χ2n) is 6.27. The Labute approximate surface area is 154 Å². The summed E-state index contributed by atoms with van der Waals surface area (Å²) in [5.41, 5.74) is 0. The zero-order chi connectivity index (χ0) is 19.2. The van der Waals surface area contributed by atoms with Gasteiger partial charge in [0.05, 0.1) is 10.9 Å². The minimum atomic E-state index is -3.54. The summed E-state index contributed by atoms with van der Waals surface area (Å²) >= 11 is 0. The van der Waals surface area contributed by atoms with E-state index >= 15 is 0 Å². The number of imide groups is 1. The van der Waals surface area contributed by atoms with Gasteiger partial charge in [0.15, 0.2) is 0 Å². The van der Waals surface area contributed by atoms with E-state index in [1.54, 1.807) is 44.2 Å². The molecule has 1 unspecified atom stereocenters. The van der Waals surface area contributed by atoms with E-state index in [4.69, 9.17) is 0 Å². The largest absolute Gasteiger partial charge is 0.338 e. The lowest BCUT2D eigenvalue weighted by Gasteiger charge is -2.35. The molecule has 0 aliphatic carbocycles. The molecule has 2 rings (SSSR count). The Kier molecular flexibility index (Phi) is 7.13. The van der Waals surface area contributed by atoms with Crippen LogP contribution in [0.15, 0.2) is 35.2 Å². The fourth-order valence-corrected chi connectivity index (χ4v) is 4.20. The normalized spacial score (nSPS) is 17.5. The lowest BCUT2D eigenvalue weighted by Crippen LogP contribution is -2.53. The fourth-order valence-electron chi connectivity index (χ4n) is 2.88. The van der Waals surface area contributed by atoms with Crippen LogP contribution in [0.3, 0.4) is 0 Å². The van der Waals surface area contributed by atoms with E-state index in [9.17, 15) is 18.0 Å². The molecule has 1 aliphatic rings. The van der Waals surface area contributed by atoms with Crippen LogP contribution in [0.2, 0.25) is 0 Å². The van der Waals surface area contributed by atoms with Crippen molar-refractivity contribution in [3.8, 4) is 0 Å². The highest BCUT2D eigenvalue weighted by atomic mass is 32.2. The molecule has 144 valence electrons. The number of hydrogen-bond donors (Lipinski definition) is 3. The molecule has 0 bridgehead atoms. The molecule has 26 heavy (non-hydrogen) atoms. The monoisotopic (exact) mass is 382 g/mol. The van der Waals surface area contributed by atoms with Crippen molar-refractivity contribution in [1.82, 2.24) is 20.3 Å². The molecule has 0 radical (unpaired) electrons. The van der Waals surface area contributed by atoms with Crippen LogP contribution in [0.1, 0.15) is 26.7 Å². The van der Waals surface area contributed by atoms with E-state index < -0.39 is 22.1 Å². The highest BCUT2D eigenvalue weighted by Gasteiger charge is 2.29. The quantitative estimate of drug-likeness (QED) is 0.670. The summed E-state index contributed by atoms with van der Waals surface area (Å²) in [5.74, 6) is -0.362. The number of urea groups is 1.